The first-order valence-electron chi connectivity index (χ1n) is 5.54. The van der Waals surface area contributed by atoms with E-state index in [2.05, 4.69) is 0 Å². The summed E-state index contributed by atoms with van der Waals surface area (Å²) in [7, 11) is 0. The first-order valence-corrected chi connectivity index (χ1v) is 5.54. The van der Waals surface area contributed by atoms with Gasteiger partial charge in [0.1, 0.15) is 5.82 Å². The first kappa shape index (κ1) is 12.2. The van der Waals surface area contributed by atoms with Crippen molar-refractivity contribution in [1.29, 1.82) is 0 Å². The van der Waals surface area contributed by atoms with Crippen molar-refractivity contribution in [2.45, 2.75) is 12.8 Å². The minimum Gasteiger partial charge on any atom is -0.478 e. The molecule has 4 heteroatoms. The van der Waals surface area contributed by atoms with Crippen molar-refractivity contribution >= 4 is 11.8 Å². The minimum absolute atomic E-state index is 0.0237. The van der Waals surface area contributed by atoms with Crippen molar-refractivity contribution in [3.63, 3.8) is 0 Å². The first-order chi connectivity index (χ1) is 8.59. The summed E-state index contributed by atoms with van der Waals surface area (Å²) in [6, 6.07) is 5.07. The van der Waals surface area contributed by atoms with Crippen LogP contribution in [0.25, 0.3) is 0 Å². The Hall–Kier alpha value is -2.23. The lowest BCUT2D eigenvalue weighted by atomic mass is 9.91. The molecule has 3 nitrogen and oxygen atoms in total. The smallest absolute Gasteiger partial charge is 0.336 e. The molecular formula is C14H11FO3. The Morgan fingerprint density at radius 1 is 1.00 bits per heavy atom. The van der Waals surface area contributed by atoms with Crippen LogP contribution in [0.15, 0.2) is 47.6 Å². The number of carboxylic acids is 1. The van der Waals surface area contributed by atoms with E-state index in [1.165, 1.54) is 24.3 Å². The molecule has 0 unspecified atom stereocenters. The van der Waals surface area contributed by atoms with E-state index in [0.29, 0.717) is 12.8 Å². The predicted octanol–water partition coefficient (Wildman–Crippen LogP) is 2.74. The summed E-state index contributed by atoms with van der Waals surface area (Å²) in [6.45, 7) is 0. The molecular weight excluding hydrogens is 235 g/mol. The van der Waals surface area contributed by atoms with E-state index in [4.69, 9.17) is 5.11 Å². The van der Waals surface area contributed by atoms with E-state index < -0.39 is 11.8 Å². The number of hydrogen-bond acceptors (Lipinski definition) is 2. The number of carbonyl (C=O) groups is 2. The van der Waals surface area contributed by atoms with Crippen molar-refractivity contribution in [3.8, 4) is 0 Å². The van der Waals surface area contributed by atoms with Crippen LogP contribution in [0, 0.1) is 5.82 Å². The second-order valence-electron chi connectivity index (χ2n) is 3.95. The molecule has 0 spiro atoms. The van der Waals surface area contributed by atoms with Gasteiger partial charge in [0.05, 0.1) is 5.57 Å². The number of Topliss-reactive ketones (excluding diaryl/α,β-unsaturated/α-hetero) is 1. The summed E-state index contributed by atoms with van der Waals surface area (Å²) in [5.74, 6) is -1.93. The number of carbonyl (C=O) groups excluding carboxylic acids is 1. The van der Waals surface area contributed by atoms with Gasteiger partial charge in [0.2, 0.25) is 0 Å². The maximum Gasteiger partial charge on any atom is 0.336 e. The Morgan fingerprint density at radius 2 is 1.56 bits per heavy atom. The number of carboxylic acid groups (broad SMARTS) is 1. The van der Waals surface area contributed by atoms with E-state index in [1.54, 1.807) is 12.2 Å². The average Bonchev–Trinajstić information content (AvgIpc) is 2.39. The van der Waals surface area contributed by atoms with Gasteiger partial charge in [-0.3, -0.25) is 4.79 Å². The standard InChI is InChI=1S/C14H11FO3/c15-10-7-5-9(6-8-10)13(16)11-3-1-2-4-12(11)14(17)18/h3-8H,1-2H2,(H,17,18). The highest BCUT2D eigenvalue weighted by atomic mass is 19.1. The molecule has 2 rings (SSSR count). The van der Waals surface area contributed by atoms with Gasteiger partial charge in [0, 0.05) is 11.1 Å². The number of ketones is 1. The van der Waals surface area contributed by atoms with Crippen molar-refractivity contribution in [1.82, 2.24) is 0 Å². The quantitative estimate of drug-likeness (QED) is 0.834. The highest BCUT2D eigenvalue weighted by Gasteiger charge is 2.22. The molecule has 1 aromatic carbocycles. The molecule has 0 aliphatic heterocycles. The van der Waals surface area contributed by atoms with E-state index in [9.17, 15) is 14.0 Å². The Labute approximate surface area is 103 Å². The van der Waals surface area contributed by atoms with Crippen LogP contribution in [0.5, 0.6) is 0 Å². The third-order valence-corrected chi connectivity index (χ3v) is 2.74. The third kappa shape index (κ3) is 2.37. The van der Waals surface area contributed by atoms with E-state index >= 15 is 0 Å². The Morgan fingerprint density at radius 3 is 2.11 bits per heavy atom. The van der Waals surface area contributed by atoms with Gasteiger partial charge in [-0.05, 0) is 37.1 Å². The fourth-order valence-corrected chi connectivity index (χ4v) is 1.85. The summed E-state index contributed by atoms with van der Waals surface area (Å²) in [6.07, 6.45) is 4.41. The lowest BCUT2D eigenvalue weighted by Crippen LogP contribution is -2.14. The van der Waals surface area contributed by atoms with Crippen LogP contribution in [0.1, 0.15) is 23.2 Å². The van der Waals surface area contributed by atoms with Crippen LogP contribution < -0.4 is 0 Å². The Balaban J connectivity index is 2.33. The summed E-state index contributed by atoms with van der Waals surface area (Å²) in [5, 5.41) is 9.03. The average molecular weight is 246 g/mol. The maximum atomic E-state index is 12.8. The van der Waals surface area contributed by atoms with E-state index in [-0.39, 0.29) is 22.5 Å². The Kier molecular flexibility index (Phi) is 3.37. The number of hydrogen-bond donors (Lipinski definition) is 1. The van der Waals surface area contributed by atoms with Gasteiger partial charge < -0.3 is 5.11 Å². The SMILES string of the molecule is O=C(O)C1=CCCC=C1C(=O)c1ccc(F)cc1. The number of allylic oxidation sites excluding steroid dienone is 2. The van der Waals surface area contributed by atoms with E-state index in [1.807, 2.05) is 0 Å². The maximum absolute atomic E-state index is 12.8. The lowest BCUT2D eigenvalue weighted by Gasteiger charge is -2.11. The molecule has 0 aromatic heterocycles. The fourth-order valence-electron chi connectivity index (χ4n) is 1.85. The molecule has 0 saturated heterocycles. The molecule has 0 atom stereocenters. The molecule has 0 bridgehead atoms. The molecule has 0 radical (unpaired) electrons. The van der Waals surface area contributed by atoms with Gasteiger partial charge in [0.15, 0.2) is 5.78 Å². The van der Waals surface area contributed by atoms with Gasteiger partial charge in [-0.2, -0.15) is 0 Å². The molecule has 1 aliphatic carbocycles. The number of benzene rings is 1. The monoisotopic (exact) mass is 246 g/mol. The number of rotatable bonds is 3. The number of aliphatic carboxylic acids is 1. The molecule has 1 aliphatic rings. The summed E-state index contributed by atoms with van der Waals surface area (Å²) in [5.41, 5.74) is 0.493. The molecule has 0 fully saturated rings. The van der Waals surface area contributed by atoms with Crippen LogP contribution in [0.3, 0.4) is 0 Å². The van der Waals surface area contributed by atoms with Crippen LogP contribution in [-0.2, 0) is 4.79 Å². The van der Waals surface area contributed by atoms with E-state index in [0.717, 1.165) is 0 Å². The van der Waals surface area contributed by atoms with Crippen LogP contribution in [-0.4, -0.2) is 16.9 Å². The zero-order chi connectivity index (χ0) is 13.1. The zero-order valence-corrected chi connectivity index (χ0v) is 9.52. The van der Waals surface area contributed by atoms with Gasteiger partial charge in [-0.25, -0.2) is 9.18 Å². The largest absolute Gasteiger partial charge is 0.478 e. The van der Waals surface area contributed by atoms with Crippen LogP contribution in [0.4, 0.5) is 4.39 Å². The van der Waals surface area contributed by atoms with Crippen LogP contribution in [0.2, 0.25) is 0 Å². The predicted molar refractivity (Wildman–Crippen MR) is 63.8 cm³/mol. The summed E-state index contributed by atoms with van der Waals surface area (Å²) >= 11 is 0. The van der Waals surface area contributed by atoms with Crippen molar-refractivity contribution in [2.24, 2.45) is 0 Å². The topological polar surface area (TPSA) is 54.4 Å². The van der Waals surface area contributed by atoms with Gasteiger partial charge in [-0.15, -0.1) is 0 Å². The molecule has 0 heterocycles. The molecule has 92 valence electrons. The zero-order valence-electron chi connectivity index (χ0n) is 9.52. The van der Waals surface area contributed by atoms with Crippen molar-refractivity contribution in [3.05, 3.63) is 58.9 Å². The fraction of sp³-hybridized carbons (Fsp3) is 0.143. The molecule has 0 amide bonds. The highest BCUT2D eigenvalue weighted by Crippen LogP contribution is 2.23. The van der Waals surface area contributed by atoms with Gasteiger partial charge in [-0.1, -0.05) is 12.2 Å². The molecule has 1 aromatic rings. The normalized spacial score (nSPS) is 14.7. The third-order valence-electron chi connectivity index (χ3n) is 2.74. The molecule has 18 heavy (non-hydrogen) atoms. The summed E-state index contributed by atoms with van der Waals surface area (Å²) in [4.78, 5) is 23.2. The minimum atomic E-state index is -1.11. The number of halogens is 1. The molecule has 1 N–H and O–H groups in total. The van der Waals surface area contributed by atoms with Gasteiger partial charge in [0.25, 0.3) is 0 Å². The van der Waals surface area contributed by atoms with Crippen molar-refractivity contribution < 1.29 is 19.1 Å². The van der Waals surface area contributed by atoms with Crippen LogP contribution >= 0.6 is 0 Å². The highest BCUT2D eigenvalue weighted by molar-refractivity contribution is 6.17. The second kappa shape index (κ2) is 4.96. The lowest BCUT2D eigenvalue weighted by molar-refractivity contribution is -0.132. The molecule has 0 saturated carbocycles. The van der Waals surface area contributed by atoms with Gasteiger partial charge >= 0.3 is 5.97 Å². The van der Waals surface area contributed by atoms with Crippen molar-refractivity contribution in [2.75, 3.05) is 0 Å². The second-order valence-corrected chi connectivity index (χ2v) is 3.95. The summed E-state index contributed by atoms with van der Waals surface area (Å²) < 4.78 is 12.8. The Bertz CT molecular complexity index is 553.